The van der Waals surface area contributed by atoms with E-state index in [0.717, 1.165) is 52.1 Å². The molecule has 2 fully saturated rings. The molecule has 1 aliphatic heterocycles. The second-order valence-corrected chi connectivity index (χ2v) is 6.19. The van der Waals surface area contributed by atoms with Gasteiger partial charge in [-0.05, 0) is 31.6 Å². The minimum Gasteiger partial charge on any atom is -0.381 e. The summed E-state index contributed by atoms with van der Waals surface area (Å²) in [5.41, 5.74) is 0. The molecule has 100 valence electrons. The summed E-state index contributed by atoms with van der Waals surface area (Å²) in [6, 6.07) is 0. The fourth-order valence-corrected chi connectivity index (χ4v) is 3.19. The first-order chi connectivity index (χ1) is 8.31. The van der Waals surface area contributed by atoms with Gasteiger partial charge in [0.05, 0.1) is 18.8 Å². The molecule has 17 heavy (non-hydrogen) atoms. The van der Waals surface area contributed by atoms with Crippen molar-refractivity contribution in [2.24, 2.45) is 5.92 Å². The maximum atomic E-state index is 5.99. The third-order valence-corrected chi connectivity index (χ3v) is 4.48. The quantitative estimate of drug-likeness (QED) is 0.706. The lowest BCUT2D eigenvalue weighted by Gasteiger charge is -2.41. The summed E-state index contributed by atoms with van der Waals surface area (Å²) in [4.78, 5) is 0.480. The molecule has 0 spiro atoms. The number of halogens is 1. The van der Waals surface area contributed by atoms with Gasteiger partial charge in [0.15, 0.2) is 0 Å². The van der Waals surface area contributed by atoms with E-state index in [2.05, 4.69) is 22.9 Å². The number of rotatable bonds is 6. The van der Waals surface area contributed by atoms with Crippen molar-refractivity contribution in [3.63, 3.8) is 0 Å². The molecule has 1 saturated heterocycles. The third kappa shape index (κ3) is 3.91. The molecule has 1 aliphatic carbocycles. The Morgan fingerprint density at radius 3 is 2.65 bits per heavy atom. The number of alkyl halides is 1. The molecule has 1 heterocycles. The van der Waals surface area contributed by atoms with Crippen LogP contribution in [0, 0.1) is 5.92 Å². The Labute approximate surface area is 112 Å². The van der Waals surface area contributed by atoms with Crippen LogP contribution in [0.4, 0.5) is 0 Å². The van der Waals surface area contributed by atoms with E-state index in [1.54, 1.807) is 0 Å². The SMILES string of the molecule is CCCOC1C(Br)CC1OCC1CCOCC1. The van der Waals surface area contributed by atoms with Gasteiger partial charge < -0.3 is 14.2 Å². The summed E-state index contributed by atoms with van der Waals surface area (Å²) in [6.07, 6.45) is 5.00. The lowest BCUT2D eigenvalue weighted by molar-refractivity contribution is -0.132. The minimum absolute atomic E-state index is 0.259. The fraction of sp³-hybridized carbons (Fsp3) is 1.00. The van der Waals surface area contributed by atoms with Crippen LogP contribution in [0.5, 0.6) is 0 Å². The van der Waals surface area contributed by atoms with Crippen LogP contribution in [0.3, 0.4) is 0 Å². The van der Waals surface area contributed by atoms with Gasteiger partial charge in [0.25, 0.3) is 0 Å². The van der Waals surface area contributed by atoms with Gasteiger partial charge in [-0.25, -0.2) is 0 Å². The van der Waals surface area contributed by atoms with Crippen LogP contribution in [0.2, 0.25) is 0 Å². The van der Waals surface area contributed by atoms with Crippen molar-refractivity contribution in [3.05, 3.63) is 0 Å². The highest BCUT2D eigenvalue weighted by molar-refractivity contribution is 9.09. The van der Waals surface area contributed by atoms with Gasteiger partial charge in [0.2, 0.25) is 0 Å². The van der Waals surface area contributed by atoms with Gasteiger partial charge in [-0.2, -0.15) is 0 Å². The van der Waals surface area contributed by atoms with Crippen LogP contribution in [0.15, 0.2) is 0 Å². The molecule has 2 aliphatic rings. The molecule has 1 saturated carbocycles. The lowest BCUT2D eigenvalue weighted by Crippen LogP contribution is -2.51. The van der Waals surface area contributed by atoms with Crippen molar-refractivity contribution in [3.8, 4) is 0 Å². The van der Waals surface area contributed by atoms with Gasteiger partial charge in [-0.15, -0.1) is 0 Å². The van der Waals surface area contributed by atoms with Gasteiger partial charge in [0, 0.05) is 24.6 Å². The molecule has 0 aromatic heterocycles. The molecule has 0 aromatic carbocycles. The second-order valence-electron chi connectivity index (χ2n) is 5.01. The van der Waals surface area contributed by atoms with Gasteiger partial charge in [-0.3, -0.25) is 0 Å². The molecule has 3 nitrogen and oxygen atoms in total. The predicted molar refractivity (Wildman–Crippen MR) is 70.6 cm³/mol. The predicted octanol–water partition coefficient (Wildman–Crippen LogP) is 2.76. The summed E-state index contributed by atoms with van der Waals surface area (Å²) in [6.45, 7) is 5.65. The monoisotopic (exact) mass is 306 g/mol. The van der Waals surface area contributed by atoms with E-state index >= 15 is 0 Å². The van der Waals surface area contributed by atoms with Crippen LogP contribution in [-0.2, 0) is 14.2 Å². The zero-order valence-corrected chi connectivity index (χ0v) is 12.2. The van der Waals surface area contributed by atoms with E-state index in [0.29, 0.717) is 16.8 Å². The van der Waals surface area contributed by atoms with Crippen molar-refractivity contribution in [1.82, 2.24) is 0 Å². The molecule has 0 radical (unpaired) electrons. The number of hydrogen-bond acceptors (Lipinski definition) is 3. The third-order valence-electron chi connectivity index (χ3n) is 3.58. The van der Waals surface area contributed by atoms with Crippen molar-refractivity contribution in [2.45, 2.75) is 49.6 Å². The molecule has 0 aromatic rings. The van der Waals surface area contributed by atoms with Crippen molar-refractivity contribution in [2.75, 3.05) is 26.4 Å². The van der Waals surface area contributed by atoms with Crippen LogP contribution < -0.4 is 0 Å². The minimum atomic E-state index is 0.259. The normalized spacial score (nSPS) is 34.6. The lowest BCUT2D eigenvalue weighted by atomic mass is 9.91. The Morgan fingerprint density at radius 2 is 2.00 bits per heavy atom. The van der Waals surface area contributed by atoms with Crippen LogP contribution >= 0.6 is 15.9 Å². The molecule has 0 amide bonds. The van der Waals surface area contributed by atoms with E-state index in [9.17, 15) is 0 Å². The molecular formula is C13H23BrO3. The van der Waals surface area contributed by atoms with E-state index in [-0.39, 0.29) is 6.10 Å². The molecule has 3 unspecified atom stereocenters. The van der Waals surface area contributed by atoms with Crippen LogP contribution in [-0.4, -0.2) is 43.5 Å². The smallest absolute Gasteiger partial charge is 0.0962 e. The summed E-state index contributed by atoms with van der Waals surface area (Å²) < 4.78 is 17.1. The average molecular weight is 307 g/mol. The maximum absolute atomic E-state index is 5.99. The first-order valence-electron chi connectivity index (χ1n) is 6.76. The largest absolute Gasteiger partial charge is 0.381 e. The molecular weight excluding hydrogens is 284 g/mol. The topological polar surface area (TPSA) is 27.7 Å². The Bertz CT molecular complexity index is 219. The van der Waals surface area contributed by atoms with Gasteiger partial charge >= 0.3 is 0 Å². The molecule has 2 rings (SSSR count). The summed E-state index contributed by atoms with van der Waals surface area (Å²) >= 11 is 3.64. The standard InChI is InChI=1S/C13H23BrO3/c1-2-5-16-13-11(14)8-12(13)17-9-10-3-6-15-7-4-10/h10-13H,2-9H2,1H3. The Morgan fingerprint density at radius 1 is 1.24 bits per heavy atom. The highest BCUT2D eigenvalue weighted by atomic mass is 79.9. The van der Waals surface area contributed by atoms with Crippen molar-refractivity contribution < 1.29 is 14.2 Å². The van der Waals surface area contributed by atoms with Crippen molar-refractivity contribution in [1.29, 1.82) is 0 Å². The van der Waals surface area contributed by atoms with Crippen LogP contribution in [0.1, 0.15) is 32.6 Å². The summed E-state index contributed by atoms with van der Waals surface area (Å²) in [5.74, 6) is 0.685. The van der Waals surface area contributed by atoms with E-state index < -0.39 is 0 Å². The fourth-order valence-electron chi connectivity index (χ4n) is 2.33. The highest BCUT2D eigenvalue weighted by Crippen LogP contribution is 2.34. The second kappa shape index (κ2) is 7.07. The molecule has 4 heteroatoms. The first kappa shape index (κ1) is 13.8. The van der Waals surface area contributed by atoms with Gasteiger partial charge in [-0.1, -0.05) is 22.9 Å². The first-order valence-corrected chi connectivity index (χ1v) is 7.68. The maximum Gasteiger partial charge on any atom is 0.0962 e. The zero-order valence-electron chi connectivity index (χ0n) is 10.6. The Balaban J connectivity index is 1.64. The van der Waals surface area contributed by atoms with Crippen LogP contribution in [0.25, 0.3) is 0 Å². The van der Waals surface area contributed by atoms with Gasteiger partial charge in [0.1, 0.15) is 0 Å². The Kier molecular flexibility index (Phi) is 5.74. The average Bonchev–Trinajstić information content (AvgIpc) is 2.36. The molecule has 3 atom stereocenters. The summed E-state index contributed by atoms with van der Waals surface area (Å²) in [7, 11) is 0. The number of ether oxygens (including phenoxy) is 3. The Hall–Kier alpha value is 0.360. The zero-order chi connectivity index (χ0) is 12.1. The molecule has 0 bridgehead atoms. The number of hydrogen-bond donors (Lipinski definition) is 0. The van der Waals surface area contributed by atoms with Crippen molar-refractivity contribution >= 4 is 15.9 Å². The van der Waals surface area contributed by atoms with E-state index in [4.69, 9.17) is 14.2 Å². The highest BCUT2D eigenvalue weighted by Gasteiger charge is 2.41. The summed E-state index contributed by atoms with van der Waals surface area (Å²) in [5, 5.41) is 0. The van der Waals surface area contributed by atoms with E-state index in [1.165, 1.54) is 0 Å². The van der Waals surface area contributed by atoms with E-state index in [1.807, 2.05) is 0 Å². The molecule has 0 N–H and O–H groups in total.